The number of nitrogen functional groups attached to an aromatic ring is 1. The van der Waals surface area contributed by atoms with Crippen molar-refractivity contribution in [3.8, 4) is 16.2 Å². The van der Waals surface area contributed by atoms with Gasteiger partial charge in [-0.05, 0) is 73.7 Å². The number of amides is 1. The first-order chi connectivity index (χ1) is 14.5. The number of hydrogen-bond donors (Lipinski definition) is 3. The number of rotatable bonds is 8. The third-order valence-electron chi connectivity index (χ3n) is 4.65. The maximum absolute atomic E-state index is 12.7. The van der Waals surface area contributed by atoms with E-state index in [4.69, 9.17) is 10.3 Å². The summed E-state index contributed by atoms with van der Waals surface area (Å²) in [5, 5.41) is 14.7. The minimum Gasteiger partial charge on any atom is -0.443 e. The van der Waals surface area contributed by atoms with Crippen LogP contribution in [0.25, 0.3) is 10.4 Å². The molecule has 1 amide bonds. The number of benzene rings is 2. The second-order valence-electron chi connectivity index (χ2n) is 8.15. The van der Waals surface area contributed by atoms with Crippen molar-refractivity contribution >= 4 is 36.0 Å². The standard InChI is InChI=1S/C23H27N2O4PS/c1-23(2,27)12-13-30(3,28)29-18-9-6-16(7-10-18)22(26)25-20-15-17(8-11-19(20)24)21-5-4-14-31-21/h4-11,14-15,27H,12-13,24H2,1-3H3,(H,25,26). The molecule has 0 spiro atoms. The van der Waals surface area contributed by atoms with E-state index < -0.39 is 13.0 Å². The van der Waals surface area contributed by atoms with Crippen molar-refractivity contribution in [2.45, 2.75) is 25.9 Å². The van der Waals surface area contributed by atoms with Gasteiger partial charge in [-0.1, -0.05) is 12.1 Å². The van der Waals surface area contributed by atoms with E-state index in [0.29, 0.717) is 29.1 Å². The molecule has 3 rings (SSSR count). The van der Waals surface area contributed by atoms with Crippen molar-refractivity contribution in [1.29, 1.82) is 0 Å². The first-order valence-electron chi connectivity index (χ1n) is 9.86. The fourth-order valence-electron chi connectivity index (χ4n) is 2.87. The molecule has 0 aliphatic carbocycles. The van der Waals surface area contributed by atoms with Gasteiger partial charge in [0, 0.05) is 23.3 Å². The summed E-state index contributed by atoms with van der Waals surface area (Å²) in [6.07, 6.45) is 0.631. The quantitative estimate of drug-likeness (QED) is 0.297. The van der Waals surface area contributed by atoms with Crippen LogP contribution in [0.4, 0.5) is 11.4 Å². The van der Waals surface area contributed by atoms with Crippen molar-refractivity contribution in [2.24, 2.45) is 0 Å². The van der Waals surface area contributed by atoms with Gasteiger partial charge in [-0.2, -0.15) is 0 Å². The summed E-state index contributed by atoms with van der Waals surface area (Å²) in [5.74, 6) is 0.112. The lowest BCUT2D eigenvalue weighted by Gasteiger charge is -2.21. The van der Waals surface area contributed by atoms with Crippen molar-refractivity contribution in [3.63, 3.8) is 0 Å². The zero-order chi connectivity index (χ0) is 22.6. The maximum atomic E-state index is 12.7. The molecule has 0 fully saturated rings. The summed E-state index contributed by atoms with van der Waals surface area (Å²) < 4.78 is 18.3. The summed E-state index contributed by atoms with van der Waals surface area (Å²) in [6, 6.07) is 16.0. The fraction of sp³-hybridized carbons (Fsp3) is 0.261. The van der Waals surface area contributed by atoms with Crippen molar-refractivity contribution in [1.82, 2.24) is 0 Å². The van der Waals surface area contributed by atoms with Gasteiger partial charge >= 0.3 is 0 Å². The number of carbonyl (C=O) groups excluding carboxylic acids is 1. The average Bonchev–Trinajstić information content (AvgIpc) is 3.23. The topological polar surface area (TPSA) is 102 Å². The molecule has 8 heteroatoms. The number of hydrogen-bond acceptors (Lipinski definition) is 6. The van der Waals surface area contributed by atoms with Gasteiger partial charge in [-0.25, -0.2) is 0 Å². The minimum atomic E-state index is -2.92. The van der Waals surface area contributed by atoms with E-state index in [1.807, 2.05) is 29.6 Å². The lowest BCUT2D eigenvalue weighted by atomic mass is 10.1. The van der Waals surface area contributed by atoms with Crippen LogP contribution >= 0.6 is 18.7 Å². The van der Waals surface area contributed by atoms with Crippen LogP contribution in [0.2, 0.25) is 0 Å². The van der Waals surface area contributed by atoms with Gasteiger partial charge in [-0.15, -0.1) is 11.3 Å². The highest BCUT2D eigenvalue weighted by atomic mass is 32.1. The molecule has 0 aliphatic rings. The average molecular weight is 459 g/mol. The van der Waals surface area contributed by atoms with E-state index in [1.165, 1.54) is 0 Å². The Morgan fingerprint density at radius 1 is 1.19 bits per heavy atom. The molecule has 0 saturated carbocycles. The normalized spacial score (nSPS) is 13.4. The van der Waals surface area contributed by atoms with Crippen molar-refractivity contribution < 1.29 is 19.0 Å². The summed E-state index contributed by atoms with van der Waals surface area (Å²) in [5.41, 5.74) is 7.57. The lowest BCUT2D eigenvalue weighted by molar-refractivity contribution is 0.0767. The highest BCUT2D eigenvalue weighted by molar-refractivity contribution is 7.58. The van der Waals surface area contributed by atoms with E-state index in [0.717, 1.165) is 10.4 Å². The molecule has 0 radical (unpaired) electrons. The van der Waals surface area contributed by atoms with Crippen LogP contribution in [-0.4, -0.2) is 29.4 Å². The number of anilines is 2. The first-order valence-corrected chi connectivity index (χ1v) is 13.0. The highest BCUT2D eigenvalue weighted by Crippen LogP contribution is 2.44. The molecule has 3 aromatic rings. The van der Waals surface area contributed by atoms with E-state index in [9.17, 15) is 14.5 Å². The number of carbonyl (C=O) groups is 1. The summed E-state index contributed by atoms with van der Waals surface area (Å²) in [4.78, 5) is 13.8. The smallest absolute Gasteiger partial charge is 0.255 e. The predicted octanol–water partition coefficient (Wildman–Crippen LogP) is 5.70. The van der Waals surface area contributed by atoms with Gasteiger partial charge < -0.3 is 20.7 Å². The SMILES string of the molecule is CC(C)(O)CCP(C)(=O)Oc1ccc(C(=O)Nc2cc(-c3cccs3)ccc2N)cc1. The third kappa shape index (κ3) is 6.69. The van der Waals surface area contributed by atoms with Crippen LogP contribution in [0.1, 0.15) is 30.6 Å². The van der Waals surface area contributed by atoms with Crippen LogP contribution in [0.15, 0.2) is 60.0 Å². The Kier molecular flexibility index (Phi) is 6.90. The Labute approximate surface area is 186 Å². The largest absolute Gasteiger partial charge is 0.443 e. The summed E-state index contributed by atoms with van der Waals surface area (Å²) in [6.45, 7) is 4.88. The van der Waals surface area contributed by atoms with Crippen LogP contribution in [-0.2, 0) is 4.57 Å². The Morgan fingerprint density at radius 3 is 2.52 bits per heavy atom. The Hall–Kier alpha value is -2.60. The van der Waals surface area contributed by atoms with Crippen molar-refractivity contribution in [3.05, 3.63) is 65.5 Å². The molecular formula is C23H27N2O4PS. The molecule has 0 aliphatic heterocycles. The van der Waals surface area contributed by atoms with Crippen LogP contribution in [0.5, 0.6) is 5.75 Å². The molecule has 6 nitrogen and oxygen atoms in total. The number of aliphatic hydroxyl groups is 1. The molecule has 1 unspecified atom stereocenters. The molecule has 31 heavy (non-hydrogen) atoms. The minimum absolute atomic E-state index is 0.262. The maximum Gasteiger partial charge on any atom is 0.255 e. The Morgan fingerprint density at radius 2 is 1.90 bits per heavy atom. The zero-order valence-electron chi connectivity index (χ0n) is 17.8. The summed E-state index contributed by atoms with van der Waals surface area (Å²) in [7, 11) is -2.92. The van der Waals surface area contributed by atoms with Gasteiger partial charge in [0.2, 0.25) is 7.37 Å². The fourth-order valence-corrected chi connectivity index (χ4v) is 5.20. The second kappa shape index (κ2) is 9.27. The second-order valence-corrected chi connectivity index (χ2v) is 11.8. The van der Waals surface area contributed by atoms with E-state index in [2.05, 4.69) is 5.32 Å². The van der Waals surface area contributed by atoms with Crippen LogP contribution in [0, 0.1) is 0 Å². The van der Waals surface area contributed by atoms with E-state index in [-0.39, 0.29) is 12.1 Å². The number of nitrogens with one attached hydrogen (secondary N) is 1. The predicted molar refractivity (Wildman–Crippen MR) is 129 cm³/mol. The molecule has 1 heterocycles. The lowest BCUT2D eigenvalue weighted by Crippen LogP contribution is -2.20. The molecular weight excluding hydrogens is 431 g/mol. The Bertz CT molecular complexity index is 1090. The monoisotopic (exact) mass is 458 g/mol. The van der Waals surface area contributed by atoms with Gasteiger partial charge in [0.25, 0.3) is 5.91 Å². The van der Waals surface area contributed by atoms with E-state index in [1.54, 1.807) is 62.2 Å². The zero-order valence-corrected chi connectivity index (χ0v) is 19.5. The summed E-state index contributed by atoms with van der Waals surface area (Å²) >= 11 is 1.61. The first kappa shape index (κ1) is 23.1. The number of nitrogens with two attached hydrogens (primary N) is 1. The van der Waals surface area contributed by atoms with Crippen LogP contribution in [0.3, 0.4) is 0 Å². The van der Waals surface area contributed by atoms with Gasteiger partial charge in [0.05, 0.1) is 17.0 Å². The van der Waals surface area contributed by atoms with Crippen molar-refractivity contribution in [2.75, 3.05) is 23.9 Å². The number of thiophene rings is 1. The molecule has 0 bridgehead atoms. The van der Waals surface area contributed by atoms with Gasteiger partial charge in [0.1, 0.15) is 5.75 Å². The van der Waals surface area contributed by atoms with E-state index >= 15 is 0 Å². The van der Waals surface area contributed by atoms with Gasteiger partial charge in [-0.3, -0.25) is 9.36 Å². The Balaban J connectivity index is 1.67. The molecule has 2 aromatic carbocycles. The molecule has 0 saturated heterocycles. The third-order valence-corrected chi connectivity index (χ3v) is 7.20. The van der Waals surface area contributed by atoms with Gasteiger partial charge in [0.15, 0.2) is 0 Å². The molecule has 4 N–H and O–H groups in total. The van der Waals surface area contributed by atoms with Crippen LogP contribution < -0.4 is 15.6 Å². The molecule has 1 aromatic heterocycles. The molecule has 164 valence electrons. The highest BCUT2D eigenvalue weighted by Gasteiger charge is 2.23. The molecule has 1 atom stereocenters.